The van der Waals surface area contributed by atoms with Gasteiger partial charge in [-0.25, -0.2) is 9.97 Å². The van der Waals surface area contributed by atoms with Crippen LogP contribution >= 0.6 is 22.9 Å². The van der Waals surface area contributed by atoms with E-state index in [9.17, 15) is 0 Å². The zero-order chi connectivity index (χ0) is 14.3. The minimum Gasteiger partial charge on any atom is -0.222 e. The summed E-state index contributed by atoms with van der Waals surface area (Å²) in [5.74, 6) is 3.12. The molecule has 0 atom stereocenters. The monoisotopic (exact) mass is 308 g/mol. The van der Waals surface area contributed by atoms with Crippen LogP contribution in [0.25, 0.3) is 10.2 Å². The van der Waals surface area contributed by atoms with Crippen molar-refractivity contribution in [1.29, 1.82) is 0 Å². The Morgan fingerprint density at radius 1 is 1.20 bits per heavy atom. The first kappa shape index (κ1) is 14.3. The van der Waals surface area contributed by atoms with Gasteiger partial charge in [-0.1, -0.05) is 25.4 Å². The van der Waals surface area contributed by atoms with Crippen LogP contribution in [0.1, 0.15) is 56.2 Å². The summed E-state index contributed by atoms with van der Waals surface area (Å²) in [4.78, 5) is 11.6. The first-order valence-electron chi connectivity index (χ1n) is 7.48. The molecule has 0 N–H and O–H groups in total. The second kappa shape index (κ2) is 5.61. The highest BCUT2D eigenvalue weighted by atomic mass is 35.5. The average Bonchev–Trinajstić information content (AvgIpc) is 2.80. The number of hydrogen-bond acceptors (Lipinski definition) is 3. The zero-order valence-electron chi connectivity index (χ0n) is 12.3. The Balaban J connectivity index is 1.84. The highest BCUT2D eigenvalue weighted by Crippen LogP contribution is 2.39. The van der Waals surface area contributed by atoms with Crippen molar-refractivity contribution < 1.29 is 0 Å². The third-order valence-electron chi connectivity index (χ3n) is 4.57. The molecule has 0 saturated heterocycles. The van der Waals surface area contributed by atoms with Gasteiger partial charge in [0.25, 0.3) is 0 Å². The number of hydrogen-bond donors (Lipinski definition) is 0. The molecule has 0 aromatic carbocycles. The first-order valence-corrected chi connectivity index (χ1v) is 8.67. The van der Waals surface area contributed by atoms with Crippen molar-refractivity contribution in [2.45, 2.75) is 52.4 Å². The van der Waals surface area contributed by atoms with Crippen LogP contribution in [0.15, 0.2) is 6.07 Å². The SMILES string of the molecule is Cc1cc2c(Cl)nc(C3CCC(C(C)C)CC3)nc2s1. The summed E-state index contributed by atoms with van der Waals surface area (Å²) in [6.07, 6.45) is 5.00. The van der Waals surface area contributed by atoms with Gasteiger partial charge in [-0.15, -0.1) is 11.3 Å². The van der Waals surface area contributed by atoms with Crippen LogP contribution in [-0.4, -0.2) is 9.97 Å². The third-order valence-corrected chi connectivity index (χ3v) is 5.80. The minimum absolute atomic E-state index is 0.495. The third kappa shape index (κ3) is 2.71. The van der Waals surface area contributed by atoms with Crippen molar-refractivity contribution in [1.82, 2.24) is 9.97 Å². The van der Waals surface area contributed by atoms with Gasteiger partial charge >= 0.3 is 0 Å². The van der Waals surface area contributed by atoms with Crippen LogP contribution in [0, 0.1) is 18.8 Å². The molecule has 0 unspecified atom stereocenters. The molecule has 4 heteroatoms. The van der Waals surface area contributed by atoms with E-state index in [2.05, 4.69) is 31.8 Å². The van der Waals surface area contributed by atoms with Gasteiger partial charge in [-0.05, 0) is 50.5 Å². The number of fused-ring (bicyclic) bond motifs is 1. The van der Waals surface area contributed by atoms with E-state index >= 15 is 0 Å². The molecule has 2 heterocycles. The topological polar surface area (TPSA) is 25.8 Å². The molecule has 2 aromatic heterocycles. The van der Waals surface area contributed by atoms with Crippen molar-refractivity contribution in [2.24, 2.45) is 11.8 Å². The van der Waals surface area contributed by atoms with E-state index in [1.807, 2.05) is 0 Å². The quantitative estimate of drug-likeness (QED) is 0.676. The molecule has 0 aliphatic heterocycles. The van der Waals surface area contributed by atoms with E-state index in [1.165, 1.54) is 30.6 Å². The van der Waals surface area contributed by atoms with E-state index in [0.29, 0.717) is 11.1 Å². The Morgan fingerprint density at radius 2 is 1.90 bits per heavy atom. The van der Waals surface area contributed by atoms with Gasteiger partial charge in [-0.3, -0.25) is 0 Å². The summed E-state index contributed by atoms with van der Waals surface area (Å²) in [6.45, 7) is 6.76. The summed E-state index contributed by atoms with van der Waals surface area (Å²) in [7, 11) is 0. The largest absolute Gasteiger partial charge is 0.222 e. The predicted octanol–water partition coefficient (Wildman–Crippen LogP) is 5.58. The van der Waals surface area contributed by atoms with E-state index in [1.54, 1.807) is 11.3 Å². The maximum Gasteiger partial charge on any atom is 0.141 e. The normalized spacial score (nSPS) is 23.6. The van der Waals surface area contributed by atoms with Gasteiger partial charge in [0.15, 0.2) is 0 Å². The summed E-state index contributed by atoms with van der Waals surface area (Å²) >= 11 is 8.04. The van der Waals surface area contributed by atoms with E-state index < -0.39 is 0 Å². The highest BCUT2D eigenvalue weighted by Gasteiger charge is 2.26. The standard InChI is InChI=1S/C16H21ClN2S/c1-9(2)11-4-6-12(7-5-11)15-18-14(17)13-8-10(3)20-16(13)19-15/h8-9,11-12H,4-7H2,1-3H3. The van der Waals surface area contributed by atoms with E-state index in [4.69, 9.17) is 16.6 Å². The van der Waals surface area contributed by atoms with Crippen LogP contribution in [0.4, 0.5) is 0 Å². The number of aryl methyl sites for hydroxylation is 1. The van der Waals surface area contributed by atoms with Gasteiger partial charge in [0, 0.05) is 16.2 Å². The van der Waals surface area contributed by atoms with Gasteiger partial charge in [0.1, 0.15) is 15.8 Å². The van der Waals surface area contributed by atoms with Gasteiger partial charge in [-0.2, -0.15) is 0 Å². The number of rotatable bonds is 2. The highest BCUT2D eigenvalue weighted by molar-refractivity contribution is 7.18. The number of halogens is 1. The Labute approximate surface area is 129 Å². The molecule has 0 bridgehead atoms. The summed E-state index contributed by atoms with van der Waals surface area (Å²) in [5.41, 5.74) is 0. The lowest BCUT2D eigenvalue weighted by Gasteiger charge is -2.30. The zero-order valence-corrected chi connectivity index (χ0v) is 13.9. The fourth-order valence-corrected chi connectivity index (χ4v) is 4.42. The molecule has 1 aliphatic rings. The molecule has 0 radical (unpaired) electrons. The Morgan fingerprint density at radius 3 is 2.55 bits per heavy atom. The molecule has 1 saturated carbocycles. The smallest absolute Gasteiger partial charge is 0.141 e. The summed E-state index contributed by atoms with van der Waals surface area (Å²) in [6, 6.07) is 2.09. The van der Waals surface area contributed by atoms with Gasteiger partial charge in [0.2, 0.25) is 0 Å². The van der Waals surface area contributed by atoms with E-state index in [-0.39, 0.29) is 0 Å². The molecule has 1 fully saturated rings. The molecular weight excluding hydrogens is 288 g/mol. The van der Waals surface area contributed by atoms with Crippen molar-refractivity contribution in [3.8, 4) is 0 Å². The minimum atomic E-state index is 0.495. The van der Waals surface area contributed by atoms with Crippen molar-refractivity contribution in [3.63, 3.8) is 0 Å². The lowest BCUT2D eigenvalue weighted by molar-refractivity contribution is 0.255. The molecule has 108 valence electrons. The Kier molecular flexibility index (Phi) is 4.00. The van der Waals surface area contributed by atoms with Crippen molar-refractivity contribution >= 4 is 33.2 Å². The van der Waals surface area contributed by atoms with Crippen LogP contribution in [0.3, 0.4) is 0 Å². The van der Waals surface area contributed by atoms with Gasteiger partial charge in [0.05, 0.1) is 0 Å². The second-order valence-corrected chi connectivity index (χ2v) is 7.90. The average molecular weight is 309 g/mol. The maximum atomic E-state index is 6.33. The molecule has 2 aromatic rings. The Bertz CT molecular complexity index is 612. The maximum absolute atomic E-state index is 6.33. The van der Waals surface area contributed by atoms with Crippen LogP contribution in [0.2, 0.25) is 5.15 Å². The molecule has 1 aliphatic carbocycles. The molecule has 3 rings (SSSR count). The summed E-state index contributed by atoms with van der Waals surface area (Å²) < 4.78 is 0. The molecule has 2 nitrogen and oxygen atoms in total. The van der Waals surface area contributed by atoms with Crippen molar-refractivity contribution in [2.75, 3.05) is 0 Å². The number of aromatic nitrogens is 2. The number of nitrogens with zero attached hydrogens (tertiary/aromatic N) is 2. The van der Waals surface area contributed by atoms with Crippen LogP contribution in [0.5, 0.6) is 0 Å². The van der Waals surface area contributed by atoms with Gasteiger partial charge < -0.3 is 0 Å². The number of thiophene rings is 1. The van der Waals surface area contributed by atoms with Crippen molar-refractivity contribution in [3.05, 3.63) is 21.9 Å². The predicted molar refractivity (Wildman–Crippen MR) is 86.7 cm³/mol. The van der Waals surface area contributed by atoms with E-state index in [0.717, 1.165) is 27.9 Å². The van der Waals surface area contributed by atoms with Crippen LogP contribution in [-0.2, 0) is 0 Å². The molecular formula is C16H21ClN2S. The lowest BCUT2D eigenvalue weighted by atomic mass is 9.77. The fourth-order valence-electron chi connectivity index (χ4n) is 3.25. The lowest BCUT2D eigenvalue weighted by Crippen LogP contribution is -2.18. The summed E-state index contributed by atoms with van der Waals surface area (Å²) in [5, 5.41) is 1.63. The fraction of sp³-hybridized carbons (Fsp3) is 0.625. The first-order chi connectivity index (χ1) is 9.54. The molecule has 20 heavy (non-hydrogen) atoms. The molecule has 0 amide bonds. The van der Waals surface area contributed by atoms with Crippen LogP contribution < -0.4 is 0 Å². The second-order valence-electron chi connectivity index (χ2n) is 6.30. The molecule has 0 spiro atoms. The Hall–Kier alpha value is -0.670.